The Labute approximate surface area is 179 Å². The van der Waals surface area contributed by atoms with Gasteiger partial charge in [-0.05, 0) is 38.0 Å². The van der Waals surface area contributed by atoms with E-state index in [2.05, 4.69) is 15.6 Å². The van der Waals surface area contributed by atoms with Crippen molar-refractivity contribution >= 4 is 23.4 Å². The van der Waals surface area contributed by atoms with Crippen LogP contribution in [0.2, 0.25) is 0 Å². The monoisotopic (exact) mass is 430 g/mol. The largest absolute Gasteiger partial charge is 0.398 e. The number of nitrogens with zero attached hydrogens (tertiary/aromatic N) is 2. The Bertz CT molecular complexity index is 970. The number of carbonyl (C=O) groups excluding carboxylic acids is 1. The SMILES string of the molecule is CC(C)(O)C(NC(=O)Nc1cc(N)c(C(=N)N2CCC2)c(CO)n1)c1ccc(F)cc1. The van der Waals surface area contributed by atoms with Crippen LogP contribution in [0.25, 0.3) is 0 Å². The normalized spacial score (nSPS) is 14.5. The van der Waals surface area contributed by atoms with Crippen LogP contribution in [-0.4, -0.2) is 50.7 Å². The minimum absolute atomic E-state index is 0.0906. The van der Waals surface area contributed by atoms with Gasteiger partial charge in [-0.3, -0.25) is 10.7 Å². The Hall–Kier alpha value is -3.24. The second kappa shape index (κ2) is 8.86. The number of hydrogen-bond donors (Lipinski definition) is 6. The van der Waals surface area contributed by atoms with Crippen LogP contribution in [0.15, 0.2) is 30.3 Å². The van der Waals surface area contributed by atoms with Crippen molar-refractivity contribution in [1.82, 2.24) is 15.2 Å². The van der Waals surface area contributed by atoms with Gasteiger partial charge in [-0.25, -0.2) is 14.2 Å². The highest BCUT2D eigenvalue weighted by Crippen LogP contribution is 2.27. The summed E-state index contributed by atoms with van der Waals surface area (Å²) < 4.78 is 13.3. The summed E-state index contributed by atoms with van der Waals surface area (Å²) in [5.41, 5.74) is 6.02. The minimum Gasteiger partial charge on any atom is -0.398 e. The van der Waals surface area contributed by atoms with Gasteiger partial charge in [0.2, 0.25) is 0 Å². The maximum Gasteiger partial charge on any atom is 0.320 e. The van der Waals surface area contributed by atoms with E-state index < -0.39 is 30.1 Å². The first-order chi connectivity index (χ1) is 14.6. The number of aromatic nitrogens is 1. The molecule has 1 aromatic carbocycles. The Kier molecular flexibility index (Phi) is 6.42. The molecule has 10 heteroatoms. The highest BCUT2D eigenvalue weighted by Gasteiger charge is 2.30. The van der Waals surface area contributed by atoms with E-state index in [1.54, 1.807) is 0 Å². The molecule has 0 saturated carbocycles. The molecule has 1 aromatic heterocycles. The van der Waals surface area contributed by atoms with Crippen LogP contribution in [0.5, 0.6) is 0 Å². The van der Waals surface area contributed by atoms with Gasteiger partial charge >= 0.3 is 6.03 Å². The second-order valence-electron chi connectivity index (χ2n) is 8.00. The molecule has 1 atom stereocenters. The zero-order valence-electron chi connectivity index (χ0n) is 17.4. The van der Waals surface area contributed by atoms with Crippen LogP contribution in [0.1, 0.15) is 43.1 Å². The first-order valence-corrected chi connectivity index (χ1v) is 9.89. The van der Waals surface area contributed by atoms with Crippen LogP contribution in [0, 0.1) is 11.2 Å². The summed E-state index contributed by atoms with van der Waals surface area (Å²) in [4.78, 5) is 18.7. The van der Waals surface area contributed by atoms with Gasteiger partial charge in [0.15, 0.2) is 0 Å². The quantitative estimate of drug-likeness (QED) is 0.305. The third kappa shape index (κ3) is 5.09. The molecule has 0 aliphatic carbocycles. The van der Waals surface area contributed by atoms with E-state index in [0.29, 0.717) is 11.1 Å². The van der Waals surface area contributed by atoms with Gasteiger partial charge in [0.25, 0.3) is 0 Å². The number of likely N-dealkylation sites (tertiary alicyclic amines) is 1. The number of nitrogens with two attached hydrogens (primary N) is 1. The van der Waals surface area contributed by atoms with Gasteiger partial charge in [-0.2, -0.15) is 0 Å². The fourth-order valence-electron chi connectivity index (χ4n) is 3.38. The van der Waals surface area contributed by atoms with Crippen molar-refractivity contribution in [2.24, 2.45) is 0 Å². The Balaban J connectivity index is 1.79. The molecule has 31 heavy (non-hydrogen) atoms. The molecular formula is C21H27FN6O3. The molecule has 7 N–H and O–H groups in total. The molecule has 2 amide bonds. The van der Waals surface area contributed by atoms with Crippen LogP contribution in [-0.2, 0) is 6.61 Å². The highest BCUT2D eigenvalue weighted by atomic mass is 19.1. The Morgan fingerprint density at radius 3 is 2.52 bits per heavy atom. The highest BCUT2D eigenvalue weighted by molar-refractivity contribution is 6.03. The van der Waals surface area contributed by atoms with Crippen molar-refractivity contribution in [2.45, 2.75) is 38.5 Å². The van der Waals surface area contributed by atoms with Crippen molar-refractivity contribution in [3.05, 3.63) is 53.0 Å². The third-order valence-corrected chi connectivity index (χ3v) is 5.11. The van der Waals surface area contributed by atoms with Gasteiger partial charge in [0.1, 0.15) is 17.5 Å². The van der Waals surface area contributed by atoms with Crippen LogP contribution in [0.3, 0.4) is 0 Å². The predicted octanol–water partition coefficient (Wildman–Crippen LogP) is 1.96. The number of halogens is 1. The van der Waals surface area contributed by atoms with E-state index in [0.717, 1.165) is 19.5 Å². The van der Waals surface area contributed by atoms with Gasteiger partial charge in [-0.1, -0.05) is 12.1 Å². The number of carbonyl (C=O) groups is 1. The van der Waals surface area contributed by atoms with E-state index in [4.69, 9.17) is 11.1 Å². The molecule has 0 spiro atoms. The lowest BCUT2D eigenvalue weighted by molar-refractivity contribution is 0.0415. The van der Waals surface area contributed by atoms with Gasteiger partial charge < -0.3 is 26.2 Å². The summed E-state index contributed by atoms with van der Waals surface area (Å²) >= 11 is 0. The number of hydrogen-bond acceptors (Lipinski definition) is 6. The molecule has 1 fully saturated rings. The number of amidine groups is 1. The lowest BCUT2D eigenvalue weighted by Gasteiger charge is -2.34. The van der Waals surface area contributed by atoms with E-state index in [9.17, 15) is 19.4 Å². The number of anilines is 2. The maximum absolute atomic E-state index is 13.3. The lowest BCUT2D eigenvalue weighted by Crippen LogP contribution is -2.44. The molecule has 1 unspecified atom stereocenters. The summed E-state index contributed by atoms with van der Waals surface area (Å²) in [5.74, 6) is -0.148. The summed E-state index contributed by atoms with van der Waals surface area (Å²) in [6, 6.07) is 5.37. The maximum atomic E-state index is 13.3. The van der Waals surface area contributed by atoms with E-state index in [-0.39, 0.29) is 23.0 Å². The Morgan fingerprint density at radius 1 is 1.35 bits per heavy atom. The number of pyridine rings is 1. The van der Waals surface area contributed by atoms with Gasteiger partial charge in [0, 0.05) is 24.8 Å². The first kappa shape index (κ1) is 22.4. The number of benzene rings is 1. The molecule has 0 radical (unpaired) electrons. The summed E-state index contributed by atoms with van der Waals surface area (Å²) in [6.45, 7) is 4.09. The third-order valence-electron chi connectivity index (χ3n) is 5.11. The van der Waals surface area contributed by atoms with Crippen LogP contribution >= 0.6 is 0 Å². The van der Waals surface area contributed by atoms with E-state index >= 15 is 0 Å². The average Bonchev–Trinajstić information content (AvgIpc) is 2.64. The van der Waals surface area contributed by atoms with Crippen molar-refractivity contribution in [2.75, 3.05) is 24.1 Å². The van der Waals surface area contributed by atoms with Crippen molar-refractivity contribution in [1.29, 1.82) is 5.41 Å². The van der Waals surface area contributed by atoms with E-state index in [1.807, 2.05) is 4.90 Å². The van der Waals surface area contributed by atoms with Crippen LogP contribution in [0.4, 0.5) is 20.7 Å². The first-order valence-electron chi connectivity index (χ1n) is 9.89. The van der Waals surface area contributed by atoms with E-state index in [1.165, 1.54) is 44.2 Å². The molecule has 2 heterocycles. The smallest absolute Gasteiger partial charge is 0.320 e. The number of urea groups is 1. The van der Waals surface area contributed by atoms with Crippen molar-refractivity contribution in [3.63, 3.8) is 0 Å². The fourth-order valence-corrected chi connectivity index (χ4v) is 3.38. The minimum atomic E-state index is -1.34. The van der Waals surface area contributed by atoms with Crippen LogP contribution < -0.4 is 16.4 Å². The van der Waals surface area contributed by atoms with Crippen molar-refractivity contribution < 1.29 is 19.4 Å². The molecule has 1 saturated heterocycles. The number of nitrogen functional groups attached to an aromatic ring is 1. The topological polar surface area (TPSA) is 148 Å². The molecule has 1 aliphatic heterocycles. The lowest BCUT2D eigenvalue weighted by atomic mass is 9.92. The molecule has 166 valence electrons. The summed E-state index contributed by atoms with van der Waals surface area (Å²) in [6.07, 6.45) is 0.987. The predicted molar refractivity (Wildman–Crippen MR) is 115 cm³/mol. The molecule has 3 rings (SSSR count). The number of aliphatic hydroxyl groups excluding tert-OH is 1. The van der Waals surface area contributed by atoms with Gasteiger partial charge in [0.05, 0.1) is 29.5 Å². The van der Waals surface area contributed by atoms with Crippen molar-refractivity contribution in [3.8, 4) is 0 Å². The second-order valence-corrected chi connectivity index (χ2v) is 8.00. The Morgan fingerprint density at radius 2 is 2.00 bits per heavy atom. The summed E-state index contributed by atoms with van der Waals surface area (Å²) in [5, 5.41) is 33.7. The molecule has 0 bridgehead atoms. The zero-order valence-corrected chi connectivity index (χ0v) is 17.4. The number of rotatable bonds is 6. The number of amides is 2. The molecule has 1 aliphatic rings. The standard InChI is InChI=1S/C21H27FN6O3/c1-21(2,31)18(12-4-6-13(22)7-5-12)27-20(30)26-16-10-14(23)17(15(11-29)25-16)19(24)28-8-3-9-28/h4-7,10,18,24,29,31H,3,8-9,11H2,1-2H3,(H4,23,25,26,27,30). The average molecular weight is 430 g/mol. The zero-order chi connectivity index (χ0) is 22.8. The number of nitrogens with one attached hydrogen (secondary N) is 3. The molecule has 2 aromatic rings. The fraction of sp³-hybridized carbons (Fsp3) is 0.381. The van der Waals surface area contributed by atoms with Gasteiger partial charge in [-0.15, -0.1) is 0 Å². The molecule has 9 nitrogen and oxygen atoms in total. The summed E-state index contributed by atoms with van der Waals surface area (Å²) in [7, 11) is 0. The molecular weight excluding hydrogens is 403 g/mol. The number of aliphatic hydroxyl groups is 2.